The van der Waals surface area contributed by atoms with Gasteiger partial charge in [0.05, 0.1) is 36.9 Å². The van der Waals surface area contributed by atoms with Gasteiger partial charge in [-0.1, -0.05) is 35.4 Å². The summed E-state index contributed by atoms with van der Waals surface area (Å²) in [6.45, 7) is 4.82. The Morgan fingerprint density at radius 2 is 1.42 bits per heavy atom. The van der Waals surface area contributed by atoms with Gasteiger partial charge in [0, 0.05) is 38.5 Å². The van der Waals surface area contributed by atoms with Crippen molar-refractivity contribution in [2.24, 2.45) is 0 Å². The summed E-state index contributed by atoms with van der Waals surface area (Å²) in [6, 6.07) is 0.193. The highest BCUT2D eigenvalue weighted by Gasteiger charge is 2.26. The zero-order valence-corrected chi connectivity index (χ0v) is 21.5. The predicted octanol–water partition coefficient (Wildman–Crippen LogP) is 0.214. The fraction of sp³-hybridized carbons (Fsp3) is 0.810. The highest BCUT2D eigenvalue weighted by molar-refractivity contribution is 14.1. The maximum atomic E-state index is 11.9. The summed E-state index contributed by atoms with van der Waals surface area (Å²) in [5, 5.41) is 13.9. The van der Waals surface area contributed by atoms with E-state index in [4.69, 9.17) is 9.47 Å². The number of amides is 5. The van der Waals surface area contributed by atoms with Gasteiger partial charge in [-0.05, 0) is 19.8 Å². The van der Waals surface area contributed by atoms with Gasteiger partial charge in [0.25, 0.3) is 0 Å². The molecule has 0 bridgehead atoms. The molecule has 0 aromatic heterocycles. The van der Waals surface area contributed by atoms with Gasteiger partial charge in [0.15, 0.2) is 0 Å². The Morgan fingerprint density at radius 3 is 2.03 bits per heavy atom. The molecule has 0 saturated carbocycles. The second-order valence-corrected chi connectivity index (χ2v) is 8.53. The molecule has 5 N–H and O–H groups in total. The Morgan fingerprint density at radius 1 is 0.818 bits per heavy atom. The number of ether oxygens (including phenoxy) is 2. The van der Waals surface area contributed by atoms with Gasteiger partial charge < -0.3 is 36.1 Å². The van der Waals surface area contributed by atoms with E-state index in [2.05, 4.69) is 26.6 Å². The van der Waals surface area contributed by atoms with E-state index in [0.29, 0.717) is 56.9 Å². The third-order valence-electron chi connectivity index (χ3n) is 5.00. The lowest BCUT2D eigenvalue weighted by atomic mass is 10.0. The van der Waals surface area contributed by atoms with E-state index in [9.17, 15) is 19.2 Å². The summed E-state index contributed by atoms with van der Waals surface area (Å²) < 4.78 is 11.1. The molecule has 0 aliphatic carbocycles. The first-order chi connectivity index (χ1) is 15.9. The summed E-state index contributed by atoms with van der Waals surface area (Å²) >= 11 is 2.00. The normalized spacial score (nSPS) is 17.2. The summed E-state index contributed by atoms with van der Waals surface area (Å²) in [5.41, 5.74) is 0. The first-order valence-electron chi connectivity index (χ1n) is 11.5. The van der Waals surface area contributed by atoms with Crippen LogP contribution in [0.25, 0.3) is 0 Å². The minimum atomic E-state index is -0.137. The molecule has 11 nitrogen and oxygen atoms in total. The molecular weight excluding hydrogens is 545 g/mol. The van der Waals surface area contributed by atoms with Crippen LogP contribution in [0.15, 0.2) is 0 Å². The summed E-state index contributed by atoms with van der Waals surface area (Å²) in [5.74, 6) is -0.200. The molecule has 1 fully saturated rings. The highest BCUT2D eigenvalue weighted by Crippen LogP contribution is 2.11. The molecule has 1 rings (SSSR count). The molecule has 0 aromatic rings. The van der Waals surface area contributed by atoms with Crippen molar-refractivity contribution in [1.82, 2.24) is 26.6 Å². The number of hydrogen-bond donors (Lipinski definition) is 5. The lowest BCUT2D eigenvalue weighted by Gasteiger charge is -2.13. The highest BCUT2D eigenvalue weighted by atomic mass is 127. The van der Waals surface area contributed by atoms with E-state index >= 15 is 0 Å². The van der Waals surface area contributed by atoms with Crippen LogP contribution in [0.4, 0.5) is 4.79 Å². The second-order valence-electron chi connectivity index (χ2n) is 7.77. The van der Waals surface area contributed by atoms with Crippen molar-refractivity contribution in [1.29, 1.82) is 0 Å². The maximum absolute atomic E-state index is 11.9. The fourth-order valence-electron chi connectivity index (χ4n) is 3.18. The van der Waals surface area contributed by atoms with Gasteiger partial charge in [0.1, 0.15) is 0 Å². The van der Waals surface area contributed by atoms with Crippen molar-refractivity contribution in [3.63, 3.8) is 0 Å². The minimum absolute atomic E-state index is 0.0122. The molecule has 2 atom stereocenters. The van der Waals surface area contributed by atoms with Gasteiger partial charge in [0.2, 0.25) is 17.7 Å². The molecule has 1 aliphatic heterocycles. The lowest BCUT2D eigenvalue weighted by Crippen LogP contribution is -2.32. The quantitative estimate of drug-likeness (QED) is 0.0835. The summed E-state index contributed by atoms with van der Waals surface area (Å²) in [7, 11) is 0. The van der Waals surface area contributed by atoms with Crippen molar-refractivity contribution in [2.75, 3.05) is 50.5 Å². The third-order valence-corrected chi connectivity index (χ3v) is 5.70. The topological polar surface area (TPSA) is 147 Å². The van der Waals surface area contributed by atoms with E-state index in [1.54, 1.807) is 0 Å². The molecule has 0 spiro atoms. The SMILES string of the molecule is C[C@@H]1NC(=O)N[C@@H]1CCCCCC(=O)NCCC(=O)NCCOCCOCCNC(=O)CI. The molecule has 12 heteroatoms. The van der Waals surface area contributed by atoms with Crippen LogP contribution in [-0.2, 0) is 23.9 Å². The van der Waals surface area contributed by atoms with Gasteiger partial charge in [-0.25, -0.2) is 4.79 Å². The van der Waals surface area contributed by atoms with E-state index < -0.39 is 0 Å². The van der Waals surface area contributed by atoms with Crippen LogP contribution in [0.2, 0.25) is 0 Å². The molecule has 190 valence electrons. The monoisotopic (exact) mass is 583 g/mol. The Labute approximate surface area is 209 Å². The van der Waals surface area contributed by atoms with Crippen molar-refractivity contribution in [3.8, 4) is 0 Å². The number of halogens is 1. The fourth-order valence-corrected chi connectivity index (χ4v) is 3.45. The third kappa shape index (κ3) is 15.7. The number of nitrogens with one attached hydrogen (secondary N) is 5. The van der Waals surface area contributed by atoms with Crippen LogP contribution in [0.3, 0.4) is 0 Å². The number of urea groups is 1. The summed E-state index contributed by atoms with van der Waals surface area (Å²) in [4.78, 5) is 45.9. The largest absolute Gasteiger partial charge is 0.377 e. The predicted molar refractivity (Wildman–Crippen MR) is 132 cm³/mol. The molecule has 1 aliphatic rings. The van der Waals surface area contributed by atoms with Crippen LogP contribution in [0, 0.1) is 0 Å². The molecular formula is C21H38IN5O6. The number of alkyl halides is 1. The molecule has 1 saturated heterocycles. The van der Waals surface area contributed by atoms with E-state index in [-0.39, 0.29) is 42.3 Å². The van der Waals surface area contributed by atoms with Gasteiger partial charge in [-0.15, -0.1) is 0 Å². The Kier molecular flexibility index (Phi) is 16.7. The van der Waals surface area contributed by atoms with Gasteiger partial charge in [-0.2, -0.15) is 0 Å². The van der Waals surface area contributed by atoms with Crippen LogP contribution in [0.1, 0.15) is 45.4 Å². The van der Waals surface area contributed by atoms with Crippen LogP contribution < -0.4 is 26.6 Å². The van der Waals surface area contributed by atoms with Crippen molar-refractivity contribution in [2.45, 2.75) is 57.5 Å². The van der Waals surface area contributed by atoms with Crippen molar-refractivity contribution in [3.05, 3.63) is 0 Å². The molecule has 0 radical (unpaired) electrons. The second kappa shape index (κ2) is 18.7. The molecule has 5 amide bonds. The standard InChI is InChI=1S/C21H38IN5O6/c1-16-17(27-21(31)26-16)5-3-2-4-6-18(28)23-8-7-19(29)24-9-11-32-13-14-33-12-10-25-20(30)15-22/h16-17H,2-15H2,1H3,(H,23,28)(H,24,29)(H,25,30)(H2,26,27,31)/t16-,17+/m0/s1. The number of rotatable bonds is 19. The number of hydrogen-bond acceptors (Lipinski definition) is 6. The number of unbranched alkanes of at least 4 members (excludes halogenated alkanes) is 2. The molecule has 0 aromatic carbocycles. The molecule has 33 heavy (non-hydrogen) atoms. The van der Waals surface area contributed by atoms with Crippen molar-refractivity contribution < 1.29 is 28.7 Å². The molecule has 0 unspecified atom stereocenters. The van der Waals surface area contributed by atoms with Gasteiger partial charge in [-0.3, -0.25) is 14.4 Å². The Hall–Kier alpha value is -1.67. The first-order valence-corrected chi connectivity index (χ1v) is 13.0. The Bertz CT molecular complexity index is 610. The zero-order chi connectivity index (χ0) is 24.3. The average Bonchev–Trinajstić information content (AvgIpc) is 3.11. The van der Waals surface area contributed by atoms with Crippen LogP contribution >= 0.6 is 22.6 Å². The van der Waals surface area contributed by atoms with Crippen molar-refractivity contribution >= 4 is 46.3 Å². The van der Waals surface area contributed by atoms with E-state index in [1.165, 1.54) is 0 Å². The average molecular weight is 583 g/mol. The maximum Gasteiger partial charge on any atom is 0.315 e. The Balaban J connectivity index is 1.85. The van der Waals surface area contributed by atoms with Crippen LogP contribution in [-0.4, -0.2) is 86.3 Å². The smallest absolute Gasteiger partial charge is 0.315 e. The van der Waals surface area contributed by atoms with Crippen LogP contribution in [0.5, 0.6) is 0 Å². The molecule has 1 heterocycles. The first kappa shape index (κ1) is 29.4. The van der Waals surface area contributed by atoms with Gasteiger partial charge >= 0.3 is 6.03 Å². The minimum Gasteiger partial charge on any atom is -0.377 e. The van der Waals surface area contributed by atoms with E-state index in [0.717, 1.165) is 25.7 Å². The number of carbonyl (C=O) groups excluding carboxylic acids is 4. The zero-order valence-electron chi connectivity index (χ0n) is 19.4. The number of carbonyl (C=O) groups is 4. The van der Waals surface area contributed by atoms with E-state index in [1.807, 2.05) is 29.5 Å². The summed E-state index contributed by atoms with van der Waals surface area (Å²) in [6.07, 6.45) is 4.23. The lowest BCUT2D eigenvalue weighted by molar-refractivity contribution is -0.122.